The van der Waals surface area contributed by atoms with Gasteiger partial charge in [0.15, 0.2) is 14.1 Å². The molecule has 3 rings (SSSR count). The van der Waals surface area contributed by atoms with E-state index >= 15 is 0 Å². The van der Waals surface area contributed by atoms with E-state index in [1.807, 2.05) is 0 Å². The van der Waals surface area contributed by atoms with Crippen molar-refractivity contribution in [2.75, 3.05) is 6.61 Å². The summed E-state index contributed by atoms with van der Waals surface area (Å²) in [6, 6.07) is 11.8. The number of amidine groups is 1. The summed E-state index contributed by atoms with van der Waals surface area (Å²) in [5.74, 6) is -0.543. The Labute approximate surface area is 227 Å². The zero-order valence-corrected chi connectivity index (χ0v) is 25.3. The van der Waals surface area contributed by atoms with Gasteiger partial charge in [0.05, 0.1) is 6.04 Å². The molecule has 2 aromatic carbocycles. The van der Waals surface area contributed by atoms with Gasteiger partial charge >= 0.3 is 0 Å². The Morgan fingerprint density at radius 1 is 1.16 bits per heavy atom. The lowest BCUT2D eigenvalue weighted by Crippen LogP contribution is -2.53. The Bertz CT molecular complexity index is 1300. The molecule has 2 atom stereocenters. The summed E-state index contributed by atoms with van der Waals surface area (Å²) in [6.07, 6.45) is 0.346. The fraction of sp³-hybridized carbons (Fsp3) is 0.500. The minimum atomic E-state index is -3.98. The van der Waals surface area contributed by atoms with Gasteiger partial charge in [-0.3, -0.25) is 4.79 Å². The summed E-state index contributed by atoms with van der Waals surface area (Å²) in [7, 11) is -6.02. The lowest BCUT2D eigenvalue weighted by Gasteiger charge is -2.39. The van der Waals surface area contributed by atoms with Gasteiger partial charge in [-0.15, -0.1) is 0 Å². The van der Waals surface area contributed by atoms with Gasteiger partial charge in [-0.1, -0.05) is 63.2 Å². The molecule has 2 aromatic rings. The van der Waals surface area contributed by atoms with Crippen LogP contribution in [0.5, 0.6) is 0 Å². The molecule has 0 saturated carbocycles. The van der Waals surface area contributed by atoms with Crippen LogP contribution >= 0.6 is 0 Å². The van der Waals surface area contributed by atoms with Crippen LogP contribution in [0.3, 0.4) is 0 Å². The Hall–Kier alpha value is -2.56. The lowest BCUT2D eigenvalue weighted by molar-refractivity contribution is 0.0758. The van der Waals surface area contributed by atoms with Gasteiger partial charge in [0.25, 0.3) is 6.02 Å². The summed E-state index contributed by atoms with van der Waals surface area (Å²) in [5, 5.41) is -1.04. The lowest BCUT2D eigenvalue weighted by atomic mass is 9.96. The fourth-order valence-electron chi connectivity index (χ4n) is 4.22. The van der Waals surface area contributed by atoms with E-state index in [0.717, 1.165) is 0 Å². The smallest absolute Gasteiger partial charge is 0.299 e. The third kappa shape index (κ3) is 6.70. The molecule has 1 aliphatic rings. The first-order valence-corrected chi connectivity index (χ1v) is 17.2. The van der Waals surface area contributed by atoms with E-state index in [1.165, 1.54) is 13.0 Å². The van der Waals surface area contributed by atoms with Gasteiger partial charge < -0.3 is 9.16 Å². The number of hydrogen-bond donors (Lipinski definition) is 1. The predicted octanol–water partition coefficient (Wildman–Crippen LogP) is 6.31. The maximum absolute atomic E-state index is 14.8. The first-order valence-electron chi connectivity index (χ1n) is 12.7. The van der Waals surface area contributed by atoms with Crippen molar-refractivity contribution in [3.05, 3.63) is 71.0 Å². The zero-order chi connectivity index (χ0) is 28.5. The van der Waals surface area contributed by atoms with Crippen molar-refractivity contribution in [2.45, 2.75) is 83.0 Å². The number of ketones is 1. The molecule has 0 aromatic heterocycles. The molecule has 208 valence electrons. The third-order valence-corrected chi connectivity index (χ3v) is 13.8. The third-order valence-electron chi connectivity index (χ3n) is 7.35. The standard InChI is InChI=1S/C28H39FN2O5SSi/c1-19(32)20-13-15-21(16-14-20)25-28(5,6)36-26(31-37(25,33)34)30-24(22-11-9-10-12-23(22)29)17-18-35-38(7,8)27(2,3)4/h9-16,24-25H,17-18H2,1-8H3,(H,30,31). The van der Waals surface area contributed by atoms with Crippen molar-refractivity contribution >= 4 is 30.1 Å². The first-order chi connectivity index (χ1) is 17.4. The van der Waals surface area contributed by atoms with Crippen LogP contribution in [0.25, 0.3) is 0 Å². The number of carbonyl (C=O) groups excluding carboxylic acids is 1. The highest BCUT2D eigenvalue weighted by Gasteiger charge is 2.48. The van der Waals surface area contributed by atoms with Crippen LogP contribution < -0.4 is 4.72 Å². The van der Waals surface area contributed by atoms with Crippen molar-refractivity contribution < 1.29 is 26.8 Å². The number of Topliss-reactive ketones (excluding diaryl/α,β-unsaturated/α-hetero) is 1. The maximum Gasteiger partial charge on any atom is 0.299 e. The highest BCUT2D eigenvalue weighted by molar-refractivity contribution is 7.90. The molecule has 1 saturated heterocycles. The number of sulfonamides is 1. The summed E-state index contributed by atoms with van der Waals surface area (Å²) >= 11 is 0. The second-order valence-electron chi connectivity index (χ2n) is 11.8. The highest BCUT2D eigenvalue weighted by Crippen LogP contribution is 2.40. The van der Waals surface area contributed by atoms with Crippen LogP contribution in [0.2, 0.25) is 18.1 Å². The molecule has 7 nitrogen and oxygen atoms in total. The van der Waals surface area contributed by atoms with Crippen molar-refractivity contribution in [1.82, 2.24) is 4.72 Å². The number of nitrogens with zero attached hydrogens (tertiary/aromatic N) is 1. The number of ether oxygens (including phenoxy) is 1. The van der Waals surface area contributed by atoms with Gasteiger partial charge in [0, 0.05) is 17.7 Å². The predicted molar refractivity (Wildman–Crippen MR) is 151 cm³/mol. The van der Waals surface area contributed by atoms with E-state index in [2.05, 4.69) is 43.6 Å². The average molecular weight is 563 g/mol. The second kappa shape index (κ2) is 10.9. The number of hydrogen-bond acceptors (Lipinski definition) is 6. The van der Waals surface area contributed by atoms with Gasteiger partial charge in [0.2, 0.25) is 10.0 Å². The molecule has 0 spiro atoms. The van der Waals surface area contributed by atoms with E-state index in [4.69, 9.17) is 9.16 Å². The summed E-state index contributed by atoms with van der Waals surface area (Å²) in [4.78, 5) is 16.2. The molecule has 0 radical (unpaired) electrons. The molecule has 0 amide bonds. The van der Waals surface area contributed by atoms with E-state index in [9.17, 15) is 17.6 Å². The monoisotopic (exact) mass is 562 g/mol. The molecule has 0 bridgehead atoms. The van der Waals surface area contributed by atoms with Crippen molar-refractivity contribution in [3.8, 4) is 0 Å². The molecular formula is C28H39FN2O5SSi. The minimum absolute atomic E-state index is 0.0101. The molecule has 2 unspecified atom stereocenters. The molecule has 1 heterocycles. The molecule has 1 aliphatic heterocycles. The van der Waals surface area contributed by atoms with E-state index in [0.29, 0.717) is 29.7 Å². The summed E-state index contributed by atoms with van der Waals surface area (Å²) in [5.41, 5.74) is 0.114. The van der Waals surface area contributed by atoms with Crippen molar-refractivity contribution in [3.63, 3.8) is 0 Å². The molecule has 1 N–H and O–H groups in total. The number of aliphatic imine (C=N–C) groups is 1. The van der Waals surface area contributed by atoms with Crippen LogP contribution in [0.15, 0.2) is 53.5 Å². The number of rotatable bonds is 8. The molecular weight excluding hydrogens is 523 g/mol. The van der Waals surface area contributed by atoms with Gasteiger partial charge in [-0.2, -0.15) is 0 Å². The number of benzene rings is 2. The van der Waals surface area contributed by atoms with Crippen LogP contribution in [0.1, 0.15) is 80.7 Å². The minimum Gasteiger partial charge on any atom is -0.457 e. The fourth-order valence-corrected chi connectivity index (χ4v) is 7.05. The molecule has 1 fully saturated rings. The van der Waals surface area contributed by atoms with E-state index in [-0.39, 0.29) is 16.8 Å². The Morgan fingerprint density at radius 2 is 1.76 bits per heavy atom. The van der Waals surface area contributed by atoms with Crippen molar-refractivity contribution in [2.24, 2.45) is 4.99 Å². The van der Waals surface area contributed by atoms with Crippen LogP contribution in [-0.2, 0) is 19.2 Å². The van der Waals surface area contributed by atoms with E-state index in [1.54, 1.807) is 56.3 Å². The average Bonchev–Trinajstić information content (AvgIpc) is 2.76. The van der Waals surface area contributed by atoms with Crippen LogP contribution in [0, 0.1) is 5.82 Å². The highest BCUT2D eigenvalue weighted by atomic mass is 32.2. The molecule has 10 heteroatoms. The Morgan fingerprint density at radius 3 is 2.29 bits per heavy atom. The largest absolute Gasteiger partial charge is 0.457 e. The number of halogens is 1. The Balaban J connectivity index is 1.92. The topological polar surface area (TPSA) is 94.1 Å². The van der Waals surface area contributed by atoms with E-state index < -0.39 is 41.1 Å². The maximum atomic E-state index is 14.8. The Kier molecular flexibility index (Phi) is 8.60. The summed E-state index contributed by atoms with van der Waals surface area (Å²) in [6.45, 7) is 15.8. The second-order valence-corrected chi connectivity index (χ2v) is 18.4. The van der Waals surface area contributed by atoms with Crippen molar-refractivity contribution in [1.29, 1.82) is 0 Å². The van der Waals surface area contributed by atoms with Gasteiger partial charge in [0.1, 0.15) is 16.7 Å². The summed E-state index contributed by atoms with van der Waals surface area (Å²) < 4.78 is 56.5. The van der Waals surface area contributed by atoms with Crippen LogP contribution in [0.4, 0.5) is 4.39 Å². The number of nitrogens with one attached hydrogen (secondary N) is 1. The van der Waals surface area contributed by atoms with Gasteiger partial charge in [-0.25, -0.2) is 22.5 Å². The van der Waals surface area contributed by atoms with Gasteiger partial charge in [-0.05, 0) is 57.0 Å². The van der Waals surface area contributed by atoms with Crippen LogP contribution in [-0.4, -0.2) is 40.7 Å². The number of carbonyl (C=O) groups is 1. The molecule has 38 heavy (non-hydrogen) atoms. The molecule has 0 aliphatic carbocycles. The normalized spacial score (nSPS) is 20.9. The quantitative estimate of drug-likeness (QED) is 0.301. The SMILES string of the molecule is CC(=O)c1ccc(C2C(C)(C)OC(=NC(CCO[Si](C)(C)C(C)(C)C)c3ccccc3F)NS2(=O)=O)cc1. The first kappa shape index (κ1) is 30.0. The zero-order valence-electron chi connectivity index (χ0n) is 23.5.